The third kappa shape index (κ3) is 1.58. The van der Waals surface area contributed by atoms with E-state index in [0.29, 0.717) is 11.7 Å². The summed E-state index contributed by atoms with van der Waals surface area (Å²) >= 11 is 0. The van der Waals surface area contributed by atoms with Crippen molar-refractivity contribution in [1.29, 1.82) is 0 Å². The summed E-state index contributed by atoms with van der Waals surface area (Å²) in [5, 5.41) is 0. The van der Waals surface area contributed by atoms with Crippen LogP contribution in [0.2, 0.25) is 0 Å². The van der Waals surface area contributed by atoms with Crippen molar-refractivity contribution in [2.75, 3.05) is 0 Å². The molecule has 2 saturated carbocycles. The van der Waals surface area contributed by atoms with E-state index in [1.165, 1.54) is 24.8 Å². The molecule has 106 valence electrons. The summed E-state index contributed by atoms with van der Waals surface area (Å²) in [6.45, 7) is 4.45. The molecule has 2 fully saturated rings. The number of carbonyl (C=O) groups excluding carboxylic acids is 1. The Kier molecular flexibility index (Phi) is 2.64. The number of ketones is 1. The molecule has 20 heavy (non-hydrogen) atoms. The van der Waals surface area contributed by atoms with E-state index in [-0.39, 0.29) is 5.41 Å². The minimum atomic E-state index is 0.0172. The molecule has 0 heterocycles. The molecule has 0 amide bonds. The summed E-state index contributed by atoms with van der Waals surface area (Å²) in [5.74, 6) is 2.69. The normalized spacial score (nSPS) is 39.1. The van der Waals surface area contributed by atoms with Crippen LogP contribution in [0.1, 0.15) is 61.6 Å². The number of fused-ring (bicyclic) bond motifs is 5. The van der Waals surface area contributed by atoms with Crippen LogP contribution in [0.5, 0.6) is 0 Å². The van der Waals surface area contributed by atoms with Crippen molar-refractivity contribution in [3.8, 4) is 0 Å². The molecule has 1 unspecified atom stereocenters. The zero-order valence-electron chi connectivity index (χ0n) is 12.6. The zero-order valence-corrected chi connectivity index (χ0v) is 12.6. The Hall–Kier alpha value is -1.11. The highest BCUT2D eigenvalue weighted by Crippen LogP contribution is 2.59. The van der Waals surface area contributed by atoms with Crippen LogP contribution < -0.4 is 0 Å². The van der Waals surface area contributed by atoms with Gasteiger partial charge in [-0.05, 0) is 67.9 Å². The average Bonchev–Trinajstić information content (AvgIpc) is 2.74. The van der Waals surface area contributed by atoms with Gasteiger partial charge in [0, 0.05) is 11.8 Å². The van der Waals surface area contributed by atoms with Gasteiger partial charge in [-0.15, -0.1) is 0 Å². The van der Waals surface area contributed by atoms with Gasteiger partial charge in [0.15, 0.2) is 0 Å². The predicted octanol–water partition coefficient (Wildman–Crippen LogP) is 4.42. The SMILES string of the molecule is Cc1ccc2c(c1)CC[C@H]1C3CCC(=O)[C@@]3(C)CC[C@H]21. The Morgan fingerprint density at radius 1 is 1.15 bits per heavy atom. The van der Waals surface area contributed by atoms with E-state index in [1.807, 2.05) is 0 Å². The Labute approximate surface area is 121 Å². The van der Waals surface area contributed by atoms with Crippen molar-refractivity contribution in [3.05, 3.63) is 34.9 Å². The first kappa shape index (κ1) is 12.6. The highest BCUT2D eigenvalue weighted by molar-refractivity contribution is 5.87. The standard InChI is InChI=1S/C19H24O/c1-12-3-5-14-13(11-12)4-6-16-15(14)9-10-19(2)17(16)7-8-18(19)20/h3,5,11,15-17H,4,6-10H2,1-2H3/t15-,16-,17?,19+/m1/s1. The summed E-state index contributed by atoms with van der Waals surface area (Å²) in [5.41, 5.74) is 4.59. The topological polar surface area (TPSA) is 17.1 Å². The molecule has 1 aromatic carbocycles. The number of rotatable bonds is 0. The zero-order chi connectivity index (χ0) is 13.9. The van der Waals surface area contributed by atoms with E-state index in [4.69, 9.17) is 0 Å². The lowest BCUT2D eigenvalue weighted by Gasteiger charge is -2.48. The fourth-order valence-corrected chi connectivity index (χ4v) is 5.48. The molecule has 1 aromatic rings. The van der Waals surface area contributed by atoms with Gasteiger partial charge in [0.2, 0.25) is 0 Å². The lowest BCUT2D eigenvalue weighted by Crippen LogP contribution is -2.42. The van der Waals surface area contributed by atoms with Crippen molar-refractivity contribution in [2.45, 2.75) is 58.3 Å². The van der Waals surface area contributed by atoms with Crippen LogP contribution in [0.3, 0.4) is 0 Å². The molecular formula is C19H24O. The molecule has 0 aromatic heterocycles. The minimum Gasteiger partial charge on any atom is -0.299 e. The number of benzene rings is 1. The van der Waals surface area contributed by atoms with E-state index < -0.39 is 0 Å². The van der Waals surface area contributed by atoms with Crippen LogP contribution in [0.15, 0.2) is 18.2 Å². The van der Waals surface area contributed by atoms with Gasteiger partial charge in [-0.2, -0.15) is 0 Å². The highest BCUT2D eigenvalue weighted by atomic mass is 16.1. The molecule has 0 saturated heterocycles. The molecule has 4 atom stereocenters. The van der Waals surface area contributed by atoms with Crippen molar-refractivity contribution >= 4 is 5.78 Å². The number of hydrogen-bond donors (Lipinski definition) is 0. The lowest BCUT2D eigenvalue weighted by molar-refractivity contribution is -0.129. The summed E-state index contributed by atoms with van der Waals surface area (Å²) in [6.07, 6.45) is 6.85. The third-order valence-electron chi connectivity index (χ3n) is 6.59. The largest absolute Gasteiger partial charge is 0.299 e. The van der Waals surface area contributed by atoms with Gasteiger partial charge in [0.1, 0.15) is 5.78 Å². The van der Waals surface area contributed by atoms with Crippen molar-refractivity contribution in [3.63, 3.8) is 0 Å². The monoisotopic (exact) mass is 268 g/mol. The Bertz CT molecular complexity index is 573. The summed E-state index contributed by atoms with van der Waals surface area (Å²) in [7, 11) is 0. The second-order valence-corrected chi connectivity index (χ2v) is 7.54. The van der Waals surface area contributed by atoms with Gasteiger partial charge in [-0.25, -0.2) is 0 Å². The molecule has 1 heteroatoms. The first-order valence-electron chi connectivity index (χ1n) is 8.22. The van der Waals surface area contributed by atoms with Gasteiger partial charge in [0.25, 0.3) is 0 Å². The van der Waals surface area contributed by atoms with E-state index in [9.17, 15) is 4.79 Å². The number of aryl methyl sites for hydroxylation is 2. The van der Waals surface area contributed by atoms with Crippen LogP contribution >= 0.6 is 0 Å². The maximum atomic E-state index is 12.3. The molecule has 0 radical (unpaired) electrons. The molecule has 3 aliphatic rings. The molecule has 0 aliphatic heterocycles. The van der Waals surface area contributed by atoms with Gasteiger partial charge in [0.05, 0.1) is 0 Å². The number of Topliss-reactive ketones (excluding diaryl/α,β-unsaturated/α-hetero) is 1. The van der Waals surface area contributed by atoms with E-state index in [0.717, 1.165) is 31.1 Å². The van der Waals surface area contributed by atoms with Crippen LogP contribution in [0.25, 0.3) is 0 Å². The van der Waals surface area contributed by atoms with E-state index >= 15 is 0 Å². The van der Waals surface area contributed by atoms with Gasteiger partial charge in [-0.1, -0.05) is 30.7 Å². The maximum Gasteiger partial charge on any atom is 0.139 e. The Balaban J connectivity index is 1.73. The molecular weight excluding hydrogens is 244 g/mol. The fourth-order valence-electron chi connectivity index (χ4n) is 5.48. The Morgan fingerprint density at radius 3 is 2.85 bits per heavy atom. The molecule has 4 rings (SSSR count). The van der Waals surface area contributed by atoms with Gasteiger partial charge >= 0.3 is 0 Å². The first-order valence-corrected chi connectivity index (χ1v) is 8.22. The van der Waals surface area contributed by atoms with E-state index in [1.54, 1.807) is 11.1 Å². The average molecular weight is 268 g/mol. The first-order chi connectivity index (χ1) is 9.59. The van der Waals surface area contributed by atoms with Crippen LogP contribution in [-0.4, -0.2) is 5.78 Å². The smallest absolute Gasteiger partial charge is 0.139 e. The third-order valence-corrected chi connectivity index (χ3v) is 6.59. The maximum absolute atomic E-state index is 12.3. The minimum absolute atomic E-state index is 0.0172. The second kappa shape index (κ2) is 4.19. The van der Waals surface area contributed by atoms with Gasteiger partial charge < -0.3 is 0 Å². The summed E-state index contributed by atoms with van der Waals surface area (Å²) < 4.78 is 0. The van der Waals surface area contributed by atoms with Crippen molar-refractivity contribution in [2.24, 2.45) is 17.3 Å². The van der Waals surface area contributed by atoms with Crippen LogP contribution in [0, 0.1) is 24.2 Å². The van der Waals surface area contributed by atoms with Crippen molar-refractivity contribution in [1.82, 2.24) is 0 Å². The molecule has 1 nitrogen and oxygen atoms in total. The fraction of sp³-hybridized carbons (Fsp3) is 0.632. The molecule has 0 spiro atoms. The molecule has 3 aliphatic carbocycles. The Morgan fingerprint density at radius 2 is 2.00 bits per heavy atom. The number of carbonyl (C=O) groups is 1. The lowest BCUT2D eigenvalue weighted by atomic mass is 9.55. The van der Waals surface area contributed by atoms with Gasteiger partial charge in [-0.3, -0.25) is 4.79 Å². The quantitative estimate of drug-likeness (QED) is 0.680. The van der Waals surface area contributed by atoms with E-state index in [2.05, 4.69) is 32.0 Å². The summed E-state index contributed by atoms with van der Waals surface area (Å²) in [6, 6.07) is 7.04. The summed E-state index contributed by atoms with van der Waals surface area (Å²) in [4.78, 5) is 12.3. The van der Waals surface area contributed by atoms with Crippen LogP contribution in [0.4, 0.5) is 0 Å². The highest BCUT2D eigenvalue weighted by Gasteiger charge is 2.54. The predicted molar refractivity (Wildman–Crippen MR) is 80.8 cm³/mol. The van der Waals surface area contributed by atoms with Crippen LogP contribution in [-0.2, 0) is 11.2 Å². The molecule has 0 N–H and O–H groups in total. The van der Waals surface area contributed by atoms with Crippen molar-refractivity contribution < 1.29 is 4.79 Å². The number of hydrogen-bond acceptors (Lipinski definition) is 1. The molecule has 0 bridgehead atoms. The second-order valence-electron chi connectivity index (χ2n) is 7.54.